The van der Waals surface area contributed by atoms with Crippen molar-refractivity contribution in [1.29, 1.82) is 0 Å². The molecule has 2 rings (SSSR count). The molecule has 0 unspecified atom stereocenters. The molecule has 5 heteroatoms. The van der Waals surface area contributed by atoms with Gasteiger partial charge in [-0.2, -0.15) is 0 Å². The lowest BCUT2D eigenvalue weighted by Crippen LogP contribution is -2.17. The second kappa shape index (κ2) is 4.88. The molecule has 1 heterocycles. The lowest BCUT2D eigenvalue weighted by Gasteiger charge is -2.03. The van der Waals surface area contributed by atoms with Crippen LogP contribution in [0.3, 0.4) is 0 Å². The molecular formula is C12H12FN3O. The Balaban J connectivity index is 2.48. The summed E-state index contributed by atoms with van der Waals surface area (Å²) in [5, 5.41) is 2.88. The first-order valence-electron chi connectivity index (χ1n) is 5.20. The van der Waals surface area contributed by atoms with Crippen LogP contribution >= 0.6 is 0 Å². The van der Waals surface area contributed by atoms with Gasteiger partial charge in [-0.05, 0) is 13.1 Å². The molecule has 2 N–H and O–H groups in total. The highest BCUT2D eigenvalue weighted by atomic mass is 19.1. The molecular weight excluding hydrogens is 221 g/mol. The fourth-order valence-corrected chi connectivity index (χ4v) is 1.56. The number of benzene rings is 1. The molecule has 0 atom stereocenters. The summed E-state index contributed by atoms with van der Waals surface area (Å²) in [7, 11) is 1.75. The Kier molecular flexibility index (Phi) is 3.30. The first kappa shape index (κ1) is 11.5. The molecule has 2 aromatic rings. The van der Waals surface area contributed by atoms with Gasteiger partial charge in [0.05, 0.1) is 12.1 Å². The molecule has 0 spiro atoms. The first-order chi connectivity index (χ1) is 8.22. The molecule has 1 aromatic heterocycles. The Morgan fingerprint density at radius 3 is 2.76 bits per heavy atom. The van der Waals surface area contributed by atoms with Crippen LogP contribution in [0.15, 0.2) is 35.3 Å². The zero-order valence-corrected chi connectivity index (χ0v) is 9.33. The first-order valence-corrected chi connectivity index (χ1v) is 5.20. The van der Waals surface area contributed by atoms with Crippen molar-refractivity contribution in [2.45, 2.75) is 6.54 Å². The van der Waals surface area contributed by atoms with Gasteiger partial charge in [0.15, 0.2) is 0 Å². The summed E-state index contributed by atoms with van der Waals surface area (Å²) in [6, 6.07) is 6.13. The van der Waals surface area contributed by atoms with Crippen LogP contribution in [0, 0.1) is 5.82 Å². The van der Waals surface area contributed by atoms with E-state index < -0.39 is 5.82 Å². The fraction of sp³-hybridized carbons (Fsp3) is 0.167. The van der Waals surface area contributed by atoms with Crippen LogP contribution in [0.25, 0.3) is 11.1 Å². The van der Waals surface area contributed by atoms with E-state index in [9.17, 15) is 9.18 Å². The minimum atomic E-state index is -0.429. The maximum absolute atomic E-state index is 13.5. The maximum atomic E-state index is 13.5. The summed E-state index contributed by atoms with van der Waals surface area (Å²) in [6.07, 6.45) is 1.39. The Hall–Kier alpha value is -2.01. The van der Waals surface area contributed by atoms with E-state index in [2.05, 4.69) is 15.3 Å². The smallest absolute Gasteiger partial charge is 0.258 e. The number of H-pyrrole nitrogens is 1. The number of hydrogen-bond acceptors (Lipinski definition) is 3. The van der Waals surface area contributed by atoms with Crippen molar-refractivity contribution in [3.05, 3.63) is 52.5 Å². The molecule has 4 nitrogen and oxygen atoms in total. The highest BCUT2D eigenvalue weighted by molar-refractivity contribution is 5.61. The summed E-state index contributed by atoms with van der Waals surface area (Å²) >= 11 is 0. The summed E-state index contributed by atoms with van der Waals surface area (Å²) < 4.78 is 13.5. The lowest BCUT2D eigenvalue weighted by atomic mass is 10.1. The third-order valence-electron chi connectivity index (χ3n) is 2.36. The average Bonchev–Trinajstić information content (AvgIpc) is 2.31. The number of aromatic amines is 1. The van der Waals surface area contributed by atoms with Crippen LogP contribution in [0.2, 0.25) is 0 Å². The van der Waals surface area contributed by atoms with Crippen molar-refractivity contribution in [2.24, 2.45) is 0 Å². The molecule has 0 saturated heterocycles. The largest absolute Gasteiger partial charge is 0.313 e. The van der Waals surface area contributed by atoms with Gasteiger partial charge in [-0.15, -0.1) is 0 Å². The Labute approximate surface area is 97.5 Å². The SMILES string of the molecule is CNCc1ncc(-c2ccccc2F)c(=O)[nH]1. The second-order valence-electron chi connectivity index (χ2n) is 3.58. The number of nitrogens with zero attached hydrogens (tertiary/aromatic N) is 1. The van der Waals surface area contributed by atoms with Crippen LogP contribution < -0.4 is 10.9 Å². The highest BCUT2D eigenvalue weighted by Gasteiger charge is 2.09. The normalized spacial score (nSPS) is 10.5. The molecule has 1 aromatic carbocycles. The zero-order chi connectivity index (χ0) is 12.3. The molecule has 0 fully saturated rings. The lowest BCUT2D eigenvalue weighted by molar-refractivity contribution is 0.630. The van der Waals surface area contributed by atoms with E-state index in [0.29, 0.717) is 12.4 Å². The minimum absolute atomic E-state index is 0.239. The van der Waals surface area contributed by atoms with Gasteiger partial charge in [-0.3, -0.25) is 4.79 Å². The van der Waals surface area contributed by atoms with Crippen molar-refractivity contribution in [1.82, 2.24) is 15.3 Å². The molecule has 0 bridgehead atoms. The second-order valence-corrected chi connectivity index (χ2v) is 3.58. The summed E-state index contributed by atoms with van der Waals surface area (Å²) in [5.41, 5.74) is 0.163. The average molecular weight is 233 g/mol. The molecule has 0 saturated carbocycles. The van der Waals surface area contributed by atoms with Gasteiger partial charge in [0.1, 0.15) is 11.6 Å². The molecule has 0 aliphatic heterocycles. The summed E-state index contributed by atoms with van der Waals surface area (Å²) in [4.78, 5) is 18.4. The molecule has 17 heavy (non-hydrogen) atoms. The van der Waals surface area contributed by atoms with Crippen molar-refractivity contribution in [3.63, 3.8) is 0 Å². The third-order valence-corrected chi connectivity index (χ3v) is 2.36. The Morgan fingerprint density at radius 1 is 1.35 bits per heavy atom. The van der Waals surface area contributed by atoms with Crippen molar-refractivity contribution in [2.75, 3.05) is 7.05 Å². The number of halogens is 1. The third kappa shape index (κ3) is 2.39. The quantitative estimate of drug-likeness (QED) is 0.840. The van der Waals surface area contributed by atoms with Crippen molar-refractivity contribution < 1.29 is 4.39 Å². The van der Waals surface area contributed by atoms with Gasteiger partial charge in [0, 0.05) is 11.8 Å². The van der Waals surface area contributed by atoms with E-state index in [1.54, 1.807) is 25.2 Å². The Bertz CT molecular complexity index is 580. The van der Waals surface area contributed by atoms with E-state index in [-0.39, 0.29) is 16.7 Å². The van der Waals surface area contributed by atoms with Crippen LogP contribution in [0.5, 0.6) is 0 Å². The summed E-state index contributed by atoms with van der Waals surface area (Å²) in [6.45, 7) is 0.465. The topological polar surface area (TPSA) is 57.8 Å². The van der Waals surface area contributed by atoms with Crippen LogP contribution in [-0.4, -0.2) is 17.0 Å². The molecule has 0 aliphatic carbocycles. The van der Waals surface area contributed by atoms with E-state index in [4.69, 9.17) is 0 Å². The van der Waals surface area contributed by atoms with E-state index >= 15 is 0 Å². The summed E-state index contributed by atoms with van der Waals surface area (Å²) in [5.74, 6) is 0.0961. The van der Waals surface area contributed by atoms with Gasteiger partial charge >= 0.3 is 0 Å². The van der Waals surface area contributed by atoms with Gasteiger partial charge in [0.25, 0.3) is 5.56 Å². The molecule has 0 amide bonds. The minimum Gasteiger partial charge on any atom is -0.313 e. The van der Waals surface area contributed by atoms with Gasteiger partial charge in [-0.25, -0.2) is 9.37 Å². The molecule has 88 valence electrons. The predicted octanol–water partition coefficient (Wildman–Crippen LogP) is 1.30. The van der Waals surface area contributed by atoms with E-state index in [1.807, 2.05) is 0 Å². The highest BCUT2D eigenvalue weighted by Crippen LogP contribution is 2.17. The molecule has 0 aliphatic rings. The van der Waals surface area contributed by atoms with Gasteiger partial charge < -0.3 is 10.3 Å². The van der Waals surface area contributed by atoms with Crippen molar-refractivity contribution in [3.8, 4) is 11.1 Å². The fourth-order valence-electron chi connectivity index (χ4n) is 1.56. The number of aromatic nitrogens is 2. The number of nitrogens with one attached hydrogen (secondary N) is 2. The van der Waals surface area contributed by atoms with Crippen LogP contribution in [0.1, 0.15) is 5.82 Å². The van der Waals surface area contributed by atoms with E-state index in [0.717, 1.165) is 0 Å². The molecule has 0 radical (unpaired) electrons. The van der Waals surface area contributed by atoms with Crippen LogP contribution in [0.4, 0.5) is 4.39 Å². The maximum Gasteiger partial charge on any atom is 0.258 e. The van der Waals surface area contributed by atoms with Gasteiger partial charge in [0.2, 0.25) is 0 Å². The number of rotatable bonds is 3. The predicted molar refractivity (Wildman–Crippen MR) is 63.0 cm³/mol. The number of hydrogen-bond donors (Lipinski definition) is 2. The Morgan fingerprint density at radius 2 is 2.12 bits per heavy atom. The van der Waals surface area contributed by atoms with Crippen molar-refractivity contribution >= 4 is 0 Å². The van der Waals surface area contributed by atoms with Gasteiger partial charge in [-0.1, -0.05) is 18.2 Å². The van der Waals surface area contributed by atoms with Crippen LogP contribution in [-0.2, 0) is 6.54 Å². The standard InChI is InChI=1S/C12H12FN3O/c1-14-7-11-15-6-9(12(17)16-11)8-4-2-3-5-10(8)13/h2-6,14H,7H2,1H3,(H,15,16,17). The monoisotopic (exact) mass is 233 g/mol. The zero-order valence-electron chi connectivity index (χ0n) is 9.33. The van der Waals surface area contributed by atoms with E-state index in [1.165, 1.54) is 12.3 Å².